The van der Waals surface area contributed by atoms with Crippen LogP contribution in [-0.2, 0) is 9.63 Å². The van der Waals surface area contributed by atoms with Gasteiger partial charge in [0.2, 0.25) is 5.91 Å². The van der Waals surface area contributed by atoms with E-state index >= 15 is 0 Å². The first-order valence-corrected chi connectivity index (χ1v) is 2.72. The number of hydroxylamine groups is 1. The Morgan fingerprint density at radius 1 is 1.88 bits per heavy atom. The minimum atomic E-state index is -0.00347. The van der Waals surface area contributed by atoms with Crippen LogP contribution in [0.5, 0.6) is 0 Å². The zero-order valence-corrected chi connectivity index (χ0v) is 4.81. The quantitative estimate of drug-likeness (QED) is 0.485. The molecule has 46 valence electrons. The maximum absolute atomic E-state index is 10.6. The molecule has 0 spiro atoms. The van der Waals surface area contributed by atoms with Gasteiger partial charge in [0.05, 0.1) is 6.61 Å². The van der Waals surface area contributed by atoms with Gasteiger partial charge in [0.15, 0.2) is 0 Å². The van der Waals surface area contributed by atoms with E-state index in [0.29, 0.717) is 6.61 Å². The molecule has 1 atom stereocenters. The maximum Gasteiger partial charge on any atom is 0.246 e. The van der Waals surface area contributed by atoms with Gasteiger partial charge in [-0.1, -0.05) is 6.92 Å². The van der Waals surface area contributed by atoms with Crippen molar-refractivity contribution in [1.82, 2.24) is 5.48 Å². The smallest absolute Gasteiger partial charge is 0.246 e. The fraction of sp³-hybridized carbons (Fsp3) is 0.800. The number of rotatable bonds is 0. The summed E-state index contributed by atoms with van der Waals surface area (Å²) >= 11 is 0. The van der Waals surface area contributed by atoms with Crippen LogP contribution in [0.3, 0.4) is 0 Å². The highest BCUT2D eigenvalue weighted by Gasteiger charge is 2.16. The lowest BCUT2D eigenvalue weighted by molar-refractivity contribution is -0.144. The summed E-state index contributed by atoms with van der Waals surface area (Å²) < 4.78 is 0. The highest BCUT2D eigenvalue weighted by Crippen LogP contribution is 2.04. The van der Waals surface area contributed by atoms with Gasteiger partial charge < -0.3 is 0 Å². The molecule has 1 unspecified atom stereocenters. The van der Waals surface area contributed by atoms with Crippen molar-refractivity contribution in [2.75, 3.05) is 6.61 Å². The lowest BCUT2D eigenvalue weighted by atomic mass is 10.1. The lowest BCUT2D eigenvalue weighted by Crippen LogP contribution is -2.35. The predicted octanol–water partition coefficient (Wildman–Crippen LogP) is 0.0740. The summed E-state index contributed by atoms with van der Waals surface area (Å²) in [5.41, 5.74) is 2.29. The number of hydrogen-bond donors (Lipinski definition) is 1. The van der Waals surface area contributed by atoms with Crippen LogP contribution in [0.4, 0.5) is 0 Å². The SMILES string of the molecule is CC1CCONC1=O. The van der Waals surface area contributed by atoms with Gasteiger partial charge in [0.1, 0.15) is 0 Å². The number of carbonyl (C=O) groups excluding carboxylic acids is 1. The number of hydrogen-bond acceptors (Lipinski definition) is 2. The molecule has 0 bridgehead atoms. The Labute approximate surface area is 48.0 Å². The minimum Gasteiger partial charge on any atom is -0.274 e. The first kappa shape index (κ1) is 5.56. The molecule has 1 aliphatic rings. The molecule has 1 rings (SSSR count). The highest BCUT2D eigenvalue weighted by molar-refractivity contribution is 5.77. The van der Waals surface area contributed by atoms with Gasteiger partial charge >= 0.3 is 0 Å². The van der Waals surface area contributed by atoms with E-state index in [9.17, 15) is 4.79 Å². The standard InChI is InChI=1S/C5H9NO2/c1-4-2-3-8-6-5(4)7/h4H,2-3H2,1H3,(H,6,7). The van der Waals surface area contributed by atoms with Crippen molar-refractivity contribution in [2.24, 2.45) is 5.92 Å². The summed E-state index contributed by atoms with van der Waals surface area (Å²) in [5, 5.41) is 0. The maximum atomic E-state index is 10.6. The molecule has 1 saturated heterocycles. The second-order valence-corrected chi connectivity index (χ2v) is 2.00. The summed E-state index contributed by atoms with van der Waals surface area (Å²) in [6, 6.07) is 0. The number of nitrogens with one attached hydrogen (secondary N) is 1. The Kier molecular flexibility index (Phi) is 1.48. The van der Waals surface area contributed by atoms with Gasteiger partial charge in [0.25, 0.3) is 0 Å². The Bertz CT molecular complexity index is 103. The fourth-order valence-corrected chi connectivity index (χ4v) is 0.590. The average Bonchev–Trinajstić information content (AvgIpc) is 1.77. The van der Waals surface area contributed by atoms with Gasteiger partial charge in [0, 0.05) is 5.92 Å². The second-order valence-electron chi connectivity index (χ2n) is 2.00. The molecule has 0 aliphatic carbocycles. The van der Waals surface area contributed by atoms with Crippen LogP contribution in [0.1, 0.15) is 13.3 Å². The van der Waals surface area contributed by atoms with Gasteiger partial charge in [-0.25, -0.2) is 5.48 Å². The Hall–Kier alpha value is -0.570. The van der Waals surface area contributed by atoms with Crippen LogP contribution >= 0.6 is 0 Å². The third-order valence-electron chi connectivity index (χ3n) is 1.27. The van der Waals surface area contributed by atoms with E-state index in [4.69, 9.17) is 0 Å². The first-order chi connectivity index (χ1) is 3.80. The van der Waals surface area contributed by atoms with Crippen LogP contribution in [0.15, 0.2) is 0 Å². The summed E-state index contributed by atoms with van der Waals surface area (Å²) in [6.07, 6.45) is 0.839. The van der Waals surface area contributed by atoms with E-state index in [1.54, 1.807) is 0 Å². The van der Waals surface area contributed by atoms with Crippen molar-refractivity contribution in [3.8, 4) is 0 Å². The lowest BCUT2D eigenvalue weighted by Gasteiger charge is -2.16. The molecule has 1 N–H and O–H groups in total. The fourth-order valence-electron chi connectivity index (χ4n) is 0.590. The van der Waals surface area contributed by atoms with Crippen molar-refractivity contribution >= 4 is 5.91 Å². The van der Waals surface area contributed by atoms with Gasteiger partial charge in [-0.3, -0.25) is 9.63 Å². The molecule has 1 aliphatic heterocycles. The molecule has 0 radical (unpaired) electrons. The van der Waals surface area contributed by atoms with Gasteiger partial charge in [-0.05, 0) is 6.42 Å². The highest BCUT2D eigenvalue weighted by atomic mass is 16.7. The number of amides is 1. The molecule has 0 aromatic heterocycles. The Morgan fingerprint density at radius 3 is 3.00 bits per heavy atom. The monoisotopic (exact) mass is 115 g/mol. The van der Waals surface area contributed by atoms with Crippen LogP contribution in [-0.4, -0.2) is 12.5 Å². The van der Waals surface area contributed by atoms with Crippen molar-refractivity contribution in [2.45, 2.75) is 13.3 Å². The predicted molar refractivity (Wildman–Crippen MR) is 27.9 cm³/mol. The van der Waals surface area contributed by atoms with E-state index in [-0.39, 0.29) is 11.8 Å². The molecule has 1 fully saturated rings. The van der Waals surface area contributed by atoms with Crippen LogP contribution in [0.2, 0.25) is 0 Å². The Balaban J connectivity index is 2.39. The van der Waals surface area contributed by atoms with E-state index in [1.165, 1.54) is 0 Å². The van der Waals surface area contributed by atoms with Crippen molar-refractivity contribution in [1.29, 1.82) is 0 Å². The summed E-state index contributed by atoms with van der Waals surface area (Å²) in [5.74, 6) is 0.125. The topological polar surface area (TPSA) is 38.3 Å². The van der Waals surface area contributed by atoms with Gasteiger partial charge in [-0.2, -0.15) is 0 Å². The van der Waals surface area contributed by atoms with E-state index < -0.39 is 0 Å². The Morgan fingerprint density at radius 2 is 2.62 bits per heavy atom. The third-order valence-corrected chi connectivity index (χ3v) is 1.27. The zero-order chi connectivity index (χ0) is 5.98. The molecule has 3 nitrogen and oxygen atoms in total. The van der Waals surface area contributed by atoms with Gasteiger partial charge in [-0.15, -0.1) is 0 Å². The minimum absolute atomic E-state index is 0.00347. The molecule has 0 saturated carbocycles. The number of carbonyl (C=O) groups is 1. The molecule has 0 aromatic rings. The third kappa shape index (κ3) is 0.980. The molecule has 3 heteroatoms. The molecule has 1 heterocycles. The summed E-state index contributed by atoms with van der Waals surface area (Å²) in [4.78, 5) is 15.2. The van der Waals surface area contributed by atoms with E-state index in [2.05, 4.69) is 10.3 Å². The first-order valence-electron chi connectivity index (χ1n) is 2.72. The molecular weight excluding hydrogens is 106 g/mol. The van der Waals surface area contributed by atoms with Crippen molar-refractivity contribution in [3.05, 3.63) is 0 Å². The molecule has 8 heavy (non-hydrogen) atoms. The summed E-state index contributed by atoms with van der Waals surface area (Å²) in [7, 11) is 0. The van der Waals surface area contributed by atoms with E-state index in [1.807, 2.05) is 6.92 Å². The second kappa shape index (κ2) is 2.13. The van der Waals surface area contributed by atoms with Crippen molar-refractivity contribution in [3.63, 3.8) is 0 Å². The summed E-state index contributed by atoms with van der Waals surface area (Å²) in [6.45, 7) is 2.53. The van der Waals surface area contributed by atoms with Crippen LogP contribution in [0.25, 0.3) is 0 Å². The average molecular weight is 115 g/mol. The largest absolute Gasteiger partial charge is 0.274 e. The van der Waals surface area contributed by atoms with E-state index in [0.717, 1.165) is 6.42 Å². The molecule has 0 aromatic carbocycles. The normalized spacial score (nSPS) is 29.6. The molecule has 1 amide bonds. The van der Waals surface area contributed by atoms with Crippen LogP contribution < -0.4 is 5.48 Å². The zero-order valence-electron chi connectivity index (χ0n) is 4.81. The van der Waals surface area contributed by atoms with Crippen molar-refractivity contribution < 1.29 is 9.63 Å². The van der Waals surface area contributed by atoms with Crippen LogP contribution in [0, 0.1) is 5.92 Å². The molecular formula is C5H9NO2.